The average molecular weight is 451 g/mol. The predicted octanol–water partition coefficient (Wildman–Crippen LogP) is 5.39. The molecule has 3 aromatic rings. The molecule has 0 aliphatic rings. The lowest BCUT2D eigenvalue weighted by atomic mass is 10.1. The number of hydrogen-bond acceptors (Lipinski definition) is 5. The highest BCUT2D eigenvalue weighted by Gasteiger charge is 2.29. The topological polar surface area (TPSA) is 56.8 Å². The van der Waals surface area contributed by atoms with Crippen LogP contribution in [-0.2, 0) is 12.7 Å². The van der Waals surface area contributed by atoms with E-state index < -0.39 is 11.7 Å². The summed E-state index contributed by atoms with van der Waals surface area (Å²) in [4.78, 5) is 13.8. The fourth-order valence-corrected chi connectivity index (χ4v) is 3.93. The molecule has 0 atom stereocenters. The largest absolute Gasteiger partial charge is 0.493 e. The number of hydrogen-bond donors (Lipinski definition) is 1. The number of amides is 1. The lowest BCUT2D eigenvalue weighted by molar-refractivity contribution is -0.137. The second-order valence-electron chi connectivity index (χ2n) is 6.42. The first kappa shape index (κ1) is 22.5. The van der Waals surface area contributed by atoms with Crippen LogP contribution in [0.4, 0.5) is 13.2 Å². The number of nitrogens with one attached hydrogen (secondary N) is 1. The van der Waals surface area contributed by atoms with Crippen LogP contribution in [0.1, 0.15) is 20.8 Å². The number of halogens is 3. The van der Waals surface area contributed by atoms with Crippen LogP contribution in [0.3, 0.4) is 0 Å². The van der Waals surface area contributed by atoms with Gasteiger partial charge in [0.15, 0.2) is 11.5 Å². The van der Waals surface area contributed by atoms with E-state index >= 15 is 0 Å². The van der Waals surface area contributed by atoms with Crippen molar-refractivity contribution in [2.24, 2.45) is 0 Å². The standard InChI is InChI=1S/C22H20F3NO4S/c1-28-16-9-8-15(19(29-2)20(16)30-3)17-10-11-18(31-17)21(27)26-12-13-4-6-14(7-5-13)22(23,24)25/h4-11H,12H2,1-3H3,(H,26,27). The third-order valence-electron chi connectivity index (χ3n) is 4.53. The minimum absolute atomic E-state index is 0.115. The zero-order valence-electron chi connectivity index (χ0n) is 17.0. The van der Waals surface area contributed by atoms with Gasteiger partial charge in [0.2, 0.25) is 5.75 Å². The molecule has 5 nitrogen and oxygen atoms in total. The molecule has 3 rings (SSSR count). The molecule has 0 aliphatic carbocycles. The van der Waals surface area contributed by atoms with Gasteiger partial charge in [0.05, 0.1) is 31.8 Å². The Morgan fingerprint density at radius 2 is 1.58 bits per heavy atom. The number of methoxy groups -OCH3 is 3. The highest BCUT2D eigenvalue weighted by molar-refractivity contribution is 7.17. The first-order chi connectivity index (χ1) is 14.8. The van der Waals surface area contributed by atoms with Crippen LogP contribution < -0.4 is 19.5 Å². The van der Waals surface area contributed by atoms with Crippen LogP contribution in [0, 0.1) is 0 Å². The summed E-state index contributed by atoms with van der Waals surface area (Å²) >= 11 is 1.26. The molecule has 1 amide bonds. The molecule has 1 N–H and O–H groups in total. The molecule has 0 saturated carbocycles. The molecule has 2 aromatic carbocycles. The van der Waals surface area contributed by atoms with Gasteiger partial charge in [0.1, 0.15) is 0 Å². The zero-order valence-corrected chi connectivity index (χ0v) is 17.8. The smallest absolute Gasteiger partial charge is 0.416 e. The maximum atomic E-state index is 12.6. The normalized spacial score (nSPS) is 11.2. The van der Waals surface area contributed by atoms with Gasteiger partial charge in [0.25, 0.3) is 5.91 Å². The molecular formula is C22H20F3NO4S. The van der Waals surface area contributed by atoms with Crippen LogP contribution in [0.15, 0.2) is 48.5 Å². The van der Waals surface area contributed by atoms with E-state index in [1.165, 1.54) is 44.8 Å². The Bertz CT molecular complexity index is 1060. The van der Waals surface area contributed by atoms with Gasteiger partial charge in [0, 0.05) is 17.0 Å². The summed E-state index contributed by atoms with van der Waals surface area (Å²) in [5, 5.41) is 2.72. The summed E-state index contributed by atoms with van der Waals surface area (Å²) in [7, 11) is 4.56. The third-order valence-corrected chi connectivity index (χ3v) is 5.65. The second kappa shape index (κ2) is 9.30. The van der Waals surface area contributed by atoms with E-state index in [2.05, 4.69) is 5.32 Å². The maximum Gasteiger partial charge on any atom is 0.416 e. The van der Waals surface area contributed by atoms with Gasteiger partial charge < -0.3 is 19.5 Å². The molecule has 1 heterocycles. The third kappa shape index (κ3) is 4.93. The van der Waals surface area contributed by atoms with Crippen LogP contribution in [-0.4, -0.2) is 27.2 Å². The van der Waals surface area contributed by atoms with Crippen molar-refractivity contribution in [1.82, 2.24) is 5.32 Å². The van der Waals surface area contributed by atoms with Gasteiger partial charge in [-0.25, -0.2) is 0 Å². The van der Waals surface area contributed by atoms with Crippen LogP contribution >= 0.6 is 11.3 Å². The van der Waals surface area contributed by atoms with Crippen molar-refractivity contribution in [3.8, 4) is 27.7 Å². The Balaban J connectivity index is 1.74. The maximum absolute atomic E-state index is 12.6. The summed E-state index contributed by atoms with van der Waals surface area (Å²) in [6, 6.07) is 11.7. The molecule has 0 unspecified atom stereocenters. The molecule has 1 aromatic heterocycles. The van der Waals surface area contributed by atoms with Crippen molar-refractivity contribution >= 4 is 17.2 Å². The number of rotatable bonds is 7. The average Bonchev–Trinajstić information content (AvgIpc) is 3.26. The van der Waals surface area contributed by atoms with E-state index in [1.54, 1.807) is 18.2 Å². The van der Waals surface area contributed by atoms with Gasteiger partial charge in [-0.3, -0.25) is 4.79 Å². The Morgan fingerprint density at radius 3 is 2.16 bits per heavy atom. The summed E-state index contributed by atoms with van der Waals surface area (Å²) in [6.07, 6.45) is -4.39. The van der Waals surface area contributed by atoms with E-state index in [9.17, 15) is 18.0 Å². The number of carbonyl (C=O) groups excluding carboxylic acids is 1. The molecule has 0 bridgehead atoms. The number of alkyl halides is 3. The Labute approximate surface area is 181 Å². The Kier molecular flexibility index (Phi) is 6.74. The van der Waals surface area contributed by atoms with Crippen molar-refractivity contribution in [2.45, 2.75) is 12.7 Å². The van der Waals surface area contributed by atoms with Crippen LogP contribution in [0.5, 0.6) is 17.2 Å². The molecule has 0 fully saturated rings. The monoisotopic (exact) mass is 451 g/mol. The van der Waals surface area contributed by atoms with Gasteiger partial charge in [-0.05, 0) is 42.0 Å². The molecule has 0 aliphatic heterocycles. The van der Waals surface area contributed by atoms with Crippen molar-refractivity contribution in [2.75, 3.05) is 21.3 Å². The quantitative estimate of drug-likeness (QED) is 0.523. The lowest BCUT2D eigenvalue weighted by Gasteiger charge is -2.14. The fraction of sp³-hybridized carbons (Fsp3) is 0.227. The molecule has 0 radical (unpaired) electrons. The molecule has 31 heavy (non-hydrogen) atoms. The molecule has 164 valence electrons. The first-order valence-electron chi connectivity index (χ1n) is 9.12. The number of carbonyl (C=O) groups is 1. The predicted molar refractivity (Wildman–Crippen MR) is 112 cm³/mol. The minimum atomic E-state index is -4.39. The highest BCUT2D eigenvalue weighted by Crippen LogP contribution is 2.45. The molecule has 0 spiro atoms. The van der Waals surface area contributed by atoms with Gasteiger partial charge in [-0.2, -0.15) is 13.2 Å². The zero-order chi connectivity index (χ0) is 22.6. The second-order valence-corrected chi connectivity index (χ2v) is 7.51. The van der Waals surface area contributed by atoms with E-state index in [0.717, 1.165) is 22.6 Å². The number of benzene rings is 2. The lowest BCUT2D eigenvalue weighted by Crippen LogP contribution is -2.21. The summed E-state index contributed by atoms with van der Waals surface area (Å²) in [5.74, 6) is 1.13. The summed E-state index contributed by atoms with van der Waals surface area (Å²) < 4.78 is 54.1. The Hall–Kier alpha value is -3.20. The van der Waals surface area contributed by atoms with Gasteiger partial charge in [-0.1, -0.05) is 12.1 Å². The van der Waals surface area contributed by atoms with Crippen molar-refractivity contribution in [1.29, 1.82) is 0 Å². The SMILES string of the molecule is COc1ccc(-c2ccc(C(=O)NCc3ccc(C(F)(F)F)cc3)s2)c(OC)c1OC. The first-order valence-corrected chi connectivity index (χ1v) is 9.93. The van der Waals surface area contributed by atoms with E-state index in [4.69, 9.17) is 14.2 Å². The van der Waals surface area contributed by atoms with Crippen molar-refractivity contribution < 1.29 is 32.2 Å². The van der Waals surface area contributed by atoms with Crippen molar-refractivity contribution in [3.05, 3.63) is 64.5 Å². The summed E-state index contributed by atoms with van der Waals surface area (Å²) in [6.45, 7) is 0.115. The molecular weight excluding hydrogens is 431 g/mol. The highest BCUT2D eigenvalue weighted by atomic mass is 32.1. The Morgan fingerprint density at radius 1 is 0.903 bits per heavy atom. The fourth-order valence-electron chi connectivity index (χ4n) is 2.98. The summed E-state index contributed by atoms with van der Waals surface area (Å²) in [5.41, 5.74) is 0.584. The van der Waals surface area contributed by atoms with Gasteiger partial charge in [-0.15, -0.1) is 11.3 Å². The van der Waals surface area contributed by atoms with Gasteiger partial charge >= 0.3 is 6.18 Å². The number of ether oxygens (including phenoxy) is 3. The number of thiophene rings is 1. The van der Waals surface area contributed by atoms with E-state index in [1.807, 2.05) is 6.07 Å². The van der Waals surface area contributed by atoms with E-state index in [-0.39, 0.29) is 12.5 Å². The van der Waals surface area contributed by atoms with Crippen molar-refractivity contribution in [3.63, 3.8) is 0 Å². The molecule has 0 saturated heterocycles. The van der Waals surface area contributed by atoms with Crippen LogP contribution in [0.25, 0.3) is 10.4 Å². The van der Waals surface area contributed by atoms with E-state index in [0.29, 0.717) is 27.7 Å². The minimum Gasteiger partial charge on any atom is -0.493 e. The molecule has 9 heteroatoms. The van der Waals surface area contributed by atoms with Crippen LogP contribution in [0.2, 0.25) is 0 Å².